The van der Waals surface area contributed by atoms with Gasteiger partial charge in [-0.15, -0.1) is 0 Å². The zero-order valence-electron chi connectivity index (χ0n) is 12.6. The summed E-state index contributed by atoms with van der Waals surface area (Å²) in [6.45, 7) is 7.56. The maximum atomic E-state index is 12.0. The van der Waals surface area contributed by atoms with Gasteiger partial charge < -0.3 is 9.84 Å². The van der Waals surface area contributed by atoms with Crippen molar-refractivity contribution < 1.29 is 14.6 Å². The SMILES string of the molecule is CC(CN(CCO)C(C)C)C(=O)OCc1ccccc1. The first kappa shape index (κ1) is 16.7. The predicted octanol–water partition coefficient (Wildman–Crippen LogP) is 2.07. The van der Waals surface area contributed by atoms with Crippen LogP contribution in [0.25, 0.3) is 0 Å². The summed E-state index contributed by atoms with van der Waals surface area (Å²) in [5.74, 6) is -0.398. The molecule has 0 aliphatic rings. The molecule has 1 N–H and O–H groups in total. The largest absolute Gasteiger partial charge is 0.461 e. The first-order valence-corrected chi connectivity index (χ1v) is 7.10. The fourth-order valence-corrected chi connectivity index (χ4v) is 1.99. The van der Waals surface area contributed by atoms with E-state index in [9.17, 15) is 4.79 Å². The number of benzene rings is 1. The van der Waals surface area contributed by atoms with Crippen molar-refractivity contribution in [3.63, 3.8) is 0 Å². The number of nitrogens with zero attached hydrogens (tertiary/aromatic N) is 1. The smallest absolute Gasteiger partial charge is 0.310 e. The Morgan fingerprint density at radius 3 is 2.45 bits per heavy atom. The van der Waals surface area contributed by atoms with Gasteiger partial charge in [0.1, 0.15) is 6.61 Å². The van der Waals surface area contributed by atoms with Crippen molar-refractivity contribution in [2.75, 3.05) is 19.7 Å². The van der Waals surface area contributed by atoms with Gasteiger partial charge in [-0.05, 0) is 19.4 Å². The van der Waals surface area contributed by atoms with E-state index in [-0.39, 0.29) is 18.5 Å². The molecule has 0 bridgehead atoms. The molecule has 0 saturated carbocycles. The van der Waals surface area contributed by atoms with Crippen LogP contribution in [0.4, 0.5) is 0 Å². The monoisotopic (exact) mass is 279 g/mol. The van der Waals surface area contributed by atoms with Crippen molar-refractivity contribution in [2.24, 2.45) is 5.92 Å². The van der Waals surface area contributed by atoms with E-state index in [1.807, 2.05) is 37.3 Å². The number of esters is 1. The Hall–Kier alpha value is -1.39. The van der Waals surface area contributed by atoms with E-state index in [1.165, 1.54) is 0 Å². The second-order valence-corrected chi connectivity index (χ2v) is 5.31. The average molecular weight is 279 g/mol. The van der Waals surface area contributed by atoms with Gasteiger partial charge in [0, 0.05) is 19.1 Å². The highest BCUT2D eigenvalue weighted by Gasteiger charge is 2.19. The molecule has 0 heterocycles. The van der Waals surface area contributed by atoms with Gasteiger partial charge in [0.05, 0.1) is 12.5 Å². The number of carbonyl (C=O) groups excluding carboxylic acids is 1. The van der Waals surface area contributed by atoms with E-state index in [4.69, 9.17) is 9.84 Å². The summed E-state index contributed by atoms with van der Waals surface area (Å²) in [6.07, 6.45) is 0. The summed E-state index contributed by atoms with van der Waals surface area (Å²) >= 11 is 0. The Bertz CT molecular complexity index is 392. The minimum absolute atomic E-state index is 0.101. The van der Waals surface area contributed by atoms with Crippen LogP contribution in [0.3, 0.4) is 0 Å². The Morgan fingerprint density at radius 1 is 1.25 bits per heavy atom. The number of aliphatic hydroxyl groups is 1. The normalized spacial score (nSPS) is 12.7. The van der Waals surface area contributed by atoms with Crippen molar-refractivity contribution in [1.29, 1.82) is 0 Å². The van der Waals surface area contributed by atoms with Crippen molar-refractivity contribution in [1.82, 2.24) is 4.90 Å². The van der Waals surface area contributed by atoms with Crippen LogP contribution < -0.4 is 0 Å². The van der Waals surface area contributed by atoms with Crippen LogP contribution in [-0.2, 0) is 16.1 Å². The van der Waals surface area contributed by atoms with E-state index in [1.54, 1.807) is 0 Å². The standard InChI is InChI=1S/C16H25NO3/c1-13(2)17(9-10-18)11-14(3)16(19)20-12-15-7-5-4-6-8-15/h4-8,13-14,18H,9-12H2,1-3H3. The number of hydrogen-bond donors (Lipinski definition) is 1. The molecule has 0 amide bonds. The highest BCUT2D eigenvalue weighted by Crippen LogP contribution is 2.08. The Labute approximate surface area is 121 Å². The maximum absolute atomic E-state index is 12.0. The average Bonchev–Trinajstić information content (AvgIpc) is 2.45. The summed E-state index contributed by atoms with van der Waals surface area (Å²) in [5, 5.41) is 9.03. The molecule has 0 radical (unpaired) electrons. The summed E-state index contributed by atoms with van der Waals surface area (Å²) in [7, 11) is 0. The molecule has 0 aliphatic heterocycles. The van der Waals surface area contributed by atoms with E-state index in [2.05, 4.69) is 18.7 Å². The number of aliphatic hydroxyl groups excluding tert-OH is 1. The molecule has 112 valence electrons. The second kappa shape index (κ2) is 8.72. The van der Waals surface area contributed by atoms with Crippen LogP contribution in [0.2, 0.25) is 0 Å². The minimum Gasteiger partial charge on any atom is -0.461 e. The molecular weight excluding hydrogens is 254 g/mol. The van der Waals surface area contributed by atoms with Gasteiger partial charge in [-0.25, -0.2) is 0 Å². The van der Waals surface area contributed by atoms with Gasteiger partial charge in [-0.1, -0.05) is 37.3 Å². The molecule has 1 atom stereocenters. The summed E-state index contributed by atoms with van der Waals surface area (Å²) in [4.78, 5) is 14.0. The molecule has 0 spiro atoms. The van der Waals surface area contributed by atoms with Gasteiger partial charge in [0.25, 0.3) is 0 Å². The van der Waals surface area contributed by atoms with Crippen LogP contribution in [-0.4, -0.2) is 41.7 Å². The van der Waals surface area contributed by atoms with Crippen LogP contribution in [0.15, 0.2) is 30.3 Å². The lowest BCUT2D eigenvalue weighted by atomic mass is 10.1. The molecule has 1 rings (SSSR count). The van der Waals surface area contributed by atoms with E-state index < -0.39 is 0 Å². The molecule has 1 unspecified atom stereocenters. The van der Waals surface area contributed by atoms with Gasteiger partial charge in [0.15, 0.2) is 0 Å². The Balaban J connectivity index is 2.42. The van der Waals surface area contributed by atoms with Gasteiger partial charge in [-0.3, -0.25) is 9.69 Å². The highest BCUT2D eigenvalue weighted by atomic mass is 16.5. The molecule has 0 aliphatic carbocycles. The summed E-state index contributed by atoms with van der Waals surface area (Å²) in [6, 6.07) is 9.95. The fourth-order valence-electron chi connectivity index (χ4n) is 1.99. The number of hydrogen-bond acceptors (Lipinski definition) is 4. The molecule has 0 fully saturated rings. The van der Waals surface area contributed by atoms with Crippen LogP contribution in [0, 0.1) is 5.92 Å². The molecule has 1 aromatic carbocycles. The first-order chi connectivity index (χ1) is 9.54. The number of ether oxygens (including phenoxy) is 1. The Morgan fingerprint density at radius 2 is 1.90 bits per heavy atom. The molecule has 20 heavy (non-hydrogen) atoms. The third-order valence-electron chi connectivity index (χ3n) is 3.25. The van der Waals surface area contributed by atoms with Crippen LogP contribution in [0.1, 0.15) is 26.3 Å². The molecule has 1 aromatic rings. The summed E-state index contributed by atoms with van der Waals surface area (Å²) < 4.78 is 5.32. The topological polar surface area (TPSA) is 49.8 Å². The third kappa shape index (κ3) is 5.72. The van der Waals surface area contributed by atoms with Crippen LogP contribution in [0.5, 0.6) is 0 Å². The quantitative estimate of drug-likeness (QED) is 0.740. The van der Waals surface area contributed by atoms with Crippen LogP contribution >= 0.6 is 0 Å². The van der Waals surface area contributed by atoms with Crippen molar-refractivity contribution in [3.8, 4) is 0 Å². The van der Waals surface area contributed by atoms with Crippen molar-refractivity contribution in [2.45, 2.75) is 33.4 Å². The zero-order valence-corrected chi connectivity index (χ0v) is 12.6. The number of carbonyl (C=O) groups is 1. The lowest BCUT2D eigenvalue weighted by Crippen LogP contribution is -2.39. The molecule has 4 nitrogen and oxygen atoms in total. The van der Waals surface area contributed by atoms with E-state index in [0.717, 1.165) is 5.56 Å². The lowest BCUT2D eigenvalue weighted by Gasteiger charge is -2.27. The molecule has 0 saturated heterocycles. The van der Waals surface area contributed by atoms with Crippen molar-refractivity contribution in [3.05, 3.63) is 35.9 Å². The maximum Gasteiger partial charge on any atom is 0.310 e. The number of rotatable bonds is 8. The predicted molar refractivity (Wildman–Crippen MR) is 79.2 cm³/mol. The third-order valence-corrected chi connectivity index (χ3v) is 3.25. The van der Waals surface area contributed by atoms with E-state index >= 15 is 0 Å². The second-order valence-electron chi connectivity index (χ2n) is 5.31. The Kier molecular flexibility index (Phi) is 7.26. The molecular formula is C16H25NO3. The van der Waals surface area contributed by atoms with Gasteiger partial charge >= 0.3 is 5.97 Å². The van der Waals surface area contributed by atoms with E-state index in [0.29, 0.717) is 25.7 Å². The van der Waals surface area contributed by atoms with Gasteiger partial charge in [0.2, 0.25) is 0 Å². The molecule has 4 heteroatoms. The van der Waals surface area contributed by atoms with Crippen molar-refractivity contribution >= 4 is 5.97 Å². The molecule has 0 aromatic heterocycles. The van der Waals surface area contributed by atoms with Gasteiger partial charge in [-0.2, -0.15) is 0 Å². The first-order valence-electron chi connectivity index (χ1n) is 7.10. The minimum atomic E-state index is -0.201. The summed E-state index contributed by atoms with van der Waals surface area (Å²) in [5.41, 5.74) is 0.990. The zero-order chi connectivity index (χ0) is 15.0. The lowest BCUT2D eigenvalue weighted by molar-refractivity contribution is -0.150. The fraction of sp³-hybridized carbons (Fsp3) is 0.562. The highest BCUT2D eigenvalue weighted by molar-refractivity contribution is 5.72.